The van der Waals surface area contributed by atoms with Crippen LogP contribution in [-0.2, 0) is 0 Å². The van der Waals surface area contributed by atoms with E-state index in [0.29, 0.717) is 5.56 Å². The number of hydrogen-bond acceptors (Lipinski definition) is 3. The van der Waals surface area contributed by atoms with Crippen molar-refractivity contribution in [1.82, 2.24) is 15.1 Å². The van der Waals surface area contributed by atoms with Crippen LogP contribution in [0.25, 0.3) is 0 Å². The summed E-state index contributed by atoms with van der Waals surface area (Å²) in [5.74, 6) is -0.0353. The minimum Gasteiger partial charge on any atom is -0.383 e. The van der Waals surface area contributed by atoms with Gasteiger partial charge in [-0.05, 0) is 22.6 Å². The van der Waals surface area contributed by atoms with E-state index in [4.69, 9.17) is 0 Å². The van der Waals surface area contributed by atoms with Crippen molar-refractivity contribution in [3.8, 4) is 0 Å². The maximum atomic E-state index is 11.5. The molecule has 1 aromatic heterocycles. The average molecular weight is 321 g/mol. The standard InChI is InChI=1S/C8H10IN3O.C2H6/c1-12(2)4-3-7(13)6-5-10-11-8(6)9;1-2/h3-5H,1-2H3,(H,10,11);1-2H3/b4-3+;. The lowest BCUT2D eigenvalue weighted by molar-refractivity contribution is 0.104. The molecule has 5 heteroatoms. The molecule has 0 aliphatic carbocycles. The number of carbonyl (C=O) groups is 1. The predicted octanol–water partition coefficient (Wildman–Crippen LogP) is 2.30. The van der Waals surface area contributed by atoms with Crippen LogP contribution in [0.5, 0.6) is 0 Å². The summed E-state index contributed by atoms with van der Waals surface area (Å²) in [4.78, 5) is 13.3. The molecule has 0 atom stereocenters. The number of nitrogens with zero attached hydrogens (tertiary/aromatic N) is 2. The summed E-state index contributed by atoms with van der Waals surface area (Å²) in [6, 6.07) is 0. The third-order valence-corrected chi connectivity index (χ3v) is 2.20. The molecule has 1 rings (SSSR count). The molecule has 1 aromatic rings. The minimum atomic E-state index is -0.0353. The zero-order valence-electron chi connectivity index (χ0n) is 9.41. The van der Waals surface area contributed by atoms with E-state index in [0.717, 1.165) is 3.70 Å². The van der Waals surface area contributed by atoms with Crippen LogP contribution in [0.4, 0.5) is 0 Å². The normalized spacial score (nSPS) is 9.67. The highest BCUT2D eigenvalue weighted by Gasteiger charge is 2.07. The summed E-state index contributed by atoms with van der Waals surface area (Å²) in [6.45, 7) is 4.00. The van der Waals surface area contributed by atoms with E-state index in [1.165, 1.54) is 12.3 Å². The third-order valence-electron chi connectivity index (χ3n) is 1.38. The first-order valence-electron chi connectivity index (χ1n) is 4.69. The van der Waals surface area contributed by atoms with Crippen molar-refractivity contribution in [1.29, 1.82) is 0 Å². The molecule has 0 saturated carbocycles. The van der Waals surface area contributed by atoms with Gasteiger partial charge in [0.2, 0.25) is 0 Å². The molecule has 0 aliphatic heterocycles. The van der Waals surface area contributed by atoms with Gasteiger partial charge in [0.25, 0.3) is 0 Å². The molecule has 0 bridgehead atoms. The fourth-order valence-corrected chi connectivity index (χ4v) is 1.29. The minimum absolute atomic E-state index is 0.0353. The fourth-order valence-electron chi connectivity index (χ4n) is 0.749. The summed E-state index contributed by atoms with van der Waals surface area (Å²) in [6.07, 6.45) is 4.77. The van der Waals surface area contributed by atoms with Crippen molar-refractivity contribution >= 4 is 28.4 Å². The van der Waals surface area contributed by atoms with Gasteiger partial charge in [0.15, 0.2) is 5.78 Å². The highest BCUT2D eigenvalue weighted by Crippen LogP contribution is 2.08. The largest absolute Gasteiger partial charge is 0.383 e. The Morgan fingerprint density at radius 3 is 2.53 bits per heavy atom. The molecule has 0 aliphatic rings. The molecule has 1 heterocycles. The topological polar surface area (TPSA) is 49.0 Å². The predicted molar refractivity (Wildman–Crippen MR) is 69.8 cm³/mol. The van der Waals surface area contributed by atoms with Crippen LogP contribution in [0, 0.1) is 3.70 Å². The Balaban J connectivity index is 0.000000921. The number of allylic oxidation sites excluding steroid dienone is 1. The van der Waals surface area contributed by atoms with Gasteiger partial charge in [-0.3, -0.25) is 9.89 Å². The Hall–Kier alpha value is -0.850. The van der Waals surface area contributed by atoms with E-state index in [1.807, 2.05) is 55.4 Å². The lowest BCUT2D eigenvalue weighted by atomic mass is 10.2. The first-order chi connectivity index (χ1) is 7.11. The van der Waals surface area contributed by atoms with Crippen LogP contribution < -0.4 is 0 Å². The molecule has 84 valence electrons. The number of ketones is 1. The summed E-state index contributed by atoms with van der Waals surface area (Å²) >= 11 is 2.04. The Labute approximate surface area is 104 Å². The molecular weight excluding hydrogens is 305 g/mol. The lowest BCUT2D eigenvalue weighted by Crippen LogP contribution is -2.03. The van der Waals surface area contributed by atoms with Gasteiger partial charge < -0.3 is 4.90 Å². The van der Waals surface area contributed by atoms with Crippen LogP contribution in [0.15, 0.2) is 18.5 Å². The third kappa shape index (κ3) is 4.96. The second-order valence-corrected chi connectivity index (χ2v) is 3.82. The molecule has 0 aromatic carbocycles. The Morgan fingerprint density at radius 1 is 1.53 bits per heavy atom. The Kier molecular flexibility index (Phi) is 7.02. The van der Waals surface area contributed by atoms with Crippen LogP contribution in [0.2, 0.25) is 0 Å². The van der Waals surface area contributed by atoms with Gasteiger partial charge in [0.05, 0.1) is 11.8 Å². The Bertz CT molecular complexity index is 331. The van der Waals surface area contributed by atoms with Crippen molar-refractivity contribution in [2.75, 3.05) is 14.1 Å². The lowest BCUT2D eigenvalue weighted by Gasteiger charge is -2.01. The molecule has 0 fully saturated rings. The van der Waals surface area contributed by atoms with Crippen molar-refractivity contribution in [3.63, 3.8) is 0 Å². The number of hydrogen-bond donors (Lipinski definition) is 1. The maximum absolute atomic E-state index is 11.5. The van der Waals surface area contributed by atoms with Crippen molar-refractivity contribution < 1.29 is 4.79 Å². The van der Waals surface area contributed by atoms with Crippen molar-refractivity contribution in [2.24, 2.45) is 0 Å². The second kappa shape index (κ2) is 7.44. The average Bonchev–Trinajstić information content (AvgIpc) is 2.64. The highest BCUT2D eigenvalue weighted by molar-refractivity contribution is 14.1. The summed E-state index contributed by atoms with van der Waals surface area (Å²) in [5, 5.41) is 6.47. The zero-order chi connectivity index (χ0) is 11.8. The molecule has 0 unspecified atom stereocenters. The molecule has 0 radical (unpaired) electrons. The van der Waals surface area contributed by atoms with Gasteiger partial charge in [-0.15, -0.1) is 0 Å². The Morgan fingerprint density at radius 2 is 2.13 bits per heavy atom. The van der Waals surface area contributed by atoms with E-state index in [2.05, 4.69) is 10.2 Å². The van der Waals surface area contributed by atoms with Gasteiger partial charge in [0, 0.05) is 26.4 Å². The number of aromatic amines is 1. The molecule has 0 amide bonds. The van der Waals surface area contributed by atoms with E-state index in [9.17, 15) is 4.79 Å². The highest BCUT2D eigenvalue weighted by atomic mass is 127. The fraction of sp³-hybridized carbons (Fsp3) is 0.400. The SMILES string of the molecule is CC.CN(C)/C=C/C(=O)c1cn[nH]c1I. The van der Waals surface area contributed by atoms with Gasteiger partial charge in [-0.1, -0.05) is 13.8 Å². The molecular formula is C10H16IN3O. The van der Waals surface area contributed by atoms with E-state index >= 15 is 0 Å². The monoisotopic (exact) mass is 321 g/mol. The smallest absolute Gasteiger partial charge is 0.191 e. The molecule has 1 N–H and O–H groups in total. The maximum Gasteiger partial charge on any atom is 0.191 e. The second-order valence-electron chi connectivity index (χ2n) is 2.74. The van der Waals surface area contributed by atoms with Crippen molar-refractivity contribution in [2.45, 2.75) is 13.8 Å². The number of aromatic nitrogens is 2. The van der Waals surface area contributed by atoms with Crippen LogP contribution in [0.3, 0.4) is 0 Å². The first kappa shape index (κ1) is 14.2. The van der Waals surface area contributed by atoms with E-state index in [-0.39, 0.29) is 5.78 Å². The number of nitrogens with one attached hydrogen (secondary N) is 1. The number of rotatable bonds is 3. The molecule has 4 nitrogen and oxygen atoms in total. The quantitative estimate of drug-likeness (QED) is 0.528. The van der Waals surface area contributed by atoms with Crippen LogP contribution in [-0.4, -0.2) is 35.0 Å². The molecule has 15 heavy (non-hydrogen) atoms. The summed E-state index contributed by atoms with van der Waals surface area (Å²) in [5.41, 5.74) is 0.610. The van der Waals surface area contributed by atoms with Gasteiger partial charge in [0.1, 0.15) is 3.70 Å². The number of halogens is 1. The van der Waals surface area contributed by atoms with Gasteiger partial charge >= 0.3 is 0 Å². The molecule has 0 spiro atoms. The first-order valence-corrected chi connectivity index (χ1v) is 5.77. The van der Waals surface area contributed by atoms with Crippen molar-refractivity contribution in [3.05, 3.63) is 27.7 Å². The number of H-pyrrole nitrogens is 1. The van der Waals surface area contributed by atoms with E-state index < -0.39 is 0 Å². The molecule has 0 saturated heterocycles. The van der Waals surface area contributed by atoms with E-state index in [1.54, 1.807) is 6.20 Å². The van der Waals surface area contributed by atoms with Gasteiger partial charge in [-0.25, -0.2) is 0 Å². The zero-order valence-corrected chi connectivity index (χ0v) is 11.6. The van der Waals surface area contributed by atoms with Crippen LogP contribution >= 0.6 is 22.6 Å². The summed E-state index contributed by atoms with van der Waals surface area (Å²) in [7, 11) is 3.73. The van der Waals surface area contributed by atoms with Gasteiger partial charge in [-0.2, -0.15) is 5.10 Å². The van der Waals surface area contributed by atoms with Crippen LogP contribution in [0.1, 0.15) is 24.2 Å². The summed E-state index contributed by atoms with van der Waals surface area (Å²) < 4.78 is 0.769. The number of carbonyl (C=O) groups excluding carboxylic acids is 1.